The van der Waals surface area contributed by atoms with Gasteiger partial charge in [0.2, 0.25) is 0 Å². The topological polar surface area (TPSA) is 54.3 Å². The van der Waals surface area contributed by atoms with Gasteiger partial charge in [-0.05, 0) is 38.9 Å². The maximum atomic E-state index is 9.24. The number of hydrogen-bond acceptors (Lipinski definition) is 4. The highest BCUT2D eigenvalue weighted by molar-refractivity contribution is 5.39. The van der Waals surface area contributed by atoms with Crippen LogP contribution in [0.25, 0.3) is 0 Å². The number of rotatable bonds is 8. The molecule has 0 saturated carbocycles. The van der Waals surface area contributed by atoms with Gasteiger partial charge in [-0.3, -0.25) is 5.32 Å². The van der Waals surface area contributed by atoms with Crippen LogP contribution in [0.1, 0.15) is 27.2 Å². The van der Waals surface area contributed by atoms with Crippen molar-refractivity contribution in [1.29, 1.82) is 5.26 Å². The van der Waals surface area contributed by atoms with Crippen LogP contribution in [0.4, 0.5) is 0 Å². The molecule has 0 radical (unpaired) electrons. The Morgan fingerprint density at radius 2 is 1.84 bits per heavy atom. The average Bonchev–Trinajstić information content (AvgIpc) is 2.44. The molecule has 4 nitrogen and oxygen atoms in total. The van der Waals surface area contributed by atoms with E-state index in [9.17, 15) is 5.26 Å². The zero-order valence-corrected chi connectivity index (χ0v) is 11.9. The fraction of sp³-hybridized carbons (Fsp3) is 0.533. The van der Waals surface area contributed by atoms with Crippen molar-refractivity contribution in [3.8, 4) is 17.6 Å². The van der Waals surface area contributed by atoms with Gasteiger partial charge in [0.1, 0.15) is 12.1 Å². The van der Waals surface area contributed by atoms with Gasteiger partial charge >= 0.3 is 0 Å². The molecule has 0 heterocycles. The number of para-hydroxylation sites is 2. The summed E-state index contributed by atoms with van der Waals surface area (Å²) >= 11 is 0. The maximum absolute atomic E-state index is 9.24. The Hall–Kier alpha value is -1.73. The highest BCUT2D eigenvalue weighted by Crippen LogP contribution is 2.27. The van der Waals surface area contributed by atoms with Crippen LogP contribution in [0.15, 0.2) is 24.3 Å². The first kappa shape index (κ1) is 15.3. The number of nitrogens with one attached hydrogen (secondary N) is 1. The van der Waals surface area contributed by atoms with Crippen LogP contribution in [0.2, 0.25) is 0 Å². The van der Waals surface area contributed by atoms with Crippen molar-refractivity contribution >= 4 is 0 Å². The van der Waals surface area contributed by atoms with Crippen molar-refractivity contribution in [3.63, 3.8) is 0 Å². The molecular weight excluding hydrogens is 240 g/mol. The molecule has 0 aromatic heterocycles. The number of nitrogens with zero attached hydrogens (tertiary/aromatic N) is 1. The van der Waals surface area contributed by atoms with Gasteiger partial charge in [0.15, 0.2) is 11.5 Å². The minimum atomic E-state index is -0.685. The summed E-state index contributed by atoms with van der Waals surface area (Å²) in [6.07, 6.45) is 0.979. The molecule has 0 aliphatic carbocycles. The second-order valence-corrected chi connectivity index (χ2v) is 4.54. The van der Waals surface area contributed by atoms with E-state index in [0.717, 1.165) is 13.0 Å². The van der Waals surface area contributed by atoms with Crippen LogP contribution in [0.5, 0.6) is 11.5 Å². The van der Waals surface area contributed by atoms with Gasteiger partial charge in [-0.25, -0.2) is 0 Å². The molecule has 0 aliphatic heterocycles. The zero-order chi connectivity index (χ0) is 14.1. The molecule has 19 heavy (non-hydrogen) atoms. The summed E-state index contributed by atoms with van der Waals surface area (Å²) in [7, 11) is 0. The number of nitriles is 1. The molecule has 4 heteroatoms. The number of benzene rings is 1. The Labute approximate surface area is 115 Å². The van der Waals surface area contributed by atoms with Crippen molar-refractivity contribution in [2.24, 2.45) is 0 Å². The Balaban J connectivity index is 2.67. The van der Waals surface area contributed by atoms with Crippen LogP contribution in [-0.4, -0.2) is 25.3 Å². The summed E-state index contributed by atoms with van der Waals surface area (Å²) in [4.78, 5) is 0. The fourth-order valence-corrected chi connectivity index (χ4v) is 1.59. The maximum Gasteiger partial charge on any atom is 0.161 e. The number of hydrogen-bond donors (Lipinski definition) is 1. The van der Waals surface area contributed by atoms with Crippen molar-refractivity contribution < 1.29 is 9.47 Å². The quantitative estimate of drug-likeness (QED) is 0.782. The average molecular weight is 262 g/mol. The molecule has 1 rings (SSSR count). The molecule has 1 N–H and O–H groups in total. The first-order valence-corrected chi connectivity index (χ1v) is 6.66. The van der Waals surface area contributed by atoms with Crippen molar-refractivity contribution in [2.45, 2.75) is 32.7 Å². The molecular formula is C15H22N2O2. The molecule has 0 bridgehead atoms. The normalized spacial score (nSPS) is 13.4. The summed E-state index contributed by atoms with van der Waals surface area (Å²) in [5.41, 5.74) is -0.685. The Morgan fingerprint density at radius 1 is 1.21 bits per heavy atom. The second kappa shape index (κ2) is 7.65. The van der Waals surface area contributed by atoms with Crippen molar-refractivity contribution in [3.05, 3.63) is 24.3 Å². The van der Waals surface area contributed by atoms with Crippen molar-refractivity contribution in [1.82, 2.24) is 5.32 Å². The molecule has 1 aromatic carbocycles. The highest BCUT2D eigenvalue weighted by Gasteiger charge is 2.24. The predicted octanol–water partition coefficient (Wildman–Crippen LogP) is 2.75. The molecule has 0 aliphatic rings. The van der Waals surface area contributed by atoms with E-state index < -0.39 is 5.54 Å². The minimum absolute atomic E-state index is 0.285. The molecule has 0 fully saturated rings. The third kappa shape index (κ3) is 4.80. The van der Waals surface area contributed by atoms with Gasteiger partial charge < -0.3 is 9.47 Å². The summed E-state index contributed by atoms with van der Waals surface area (Å²) in [5.74, 6) is 1.38. The zero-order valence-electron chi connectivity index (χ0n) is 11.9. The monoisotopic (exact) mass is 262 g/mol. The molecule has 1 aromatic rings. The Kier molecular flexibility index (Phi) is 6.17. The summed E-state index contributed by atoms with van der Waals surface area (Å²) < 4.78 is 11.2. The molecule has 0 saturated heterocycles. The Morgan fingerprint density at radius 3 is 2.37 bits per heavy atom. The van der Waals surface area contributed by atoms with Gasteiger partial charge in [-0.1, -0.05) is 19.1 Å². The van der Waals surface area contributed by atoms with Gasteiger partial charge in [0.25, 0.3) is 0 Å². The lowest BCUT2D eigenvalue weighted by molar-refractivity contribution is 0.221. The number of ether oxygens (including phenoxy) is 2. The van der Waals surface area contributed by atoms with E-state index in [1.165, 1.54) is 0 Å². The van der Waals surface area contributed by atoms with E-state index in [-0.39, 0.29) is 6.61 Å². The second-order valence-electron chi connectivity index (χ2n) is 4.54. The summed E-state index contributed by atoms with van der Waals surface area (Å²) in [5, 5.41) is 12.4. The lowest BCUT2D eigenvalue weighted by Gasteiger charge is -2.23. The minimum Gasteiger partial charge on any atom is -0.490 e. The lowest BCUT2D eigenvalue weighted by atomic mass is 10.1. The van der Waals surface area contributed by atoms with Gasteiger partial charge in [0, 0.05) is 0 Å². The molecule has 1 atom stereocenters. The van der Waals surface area contributed by atoms with Gasteiger partial charge in [-0.2, -0.15) is 5.26 Å². The highest BCUT2D eigenvalue weighted by atomic mass is 16.5. The van der Waals surface area contributed by atoms with E-state index in [0.29, 0.717) is 18.1 Å². The van der Waals surface area contributed by atoms with Crippen LogP contribution in [-0.2, 0) is 0 Å². The van der Waals surface area contributed by atoms with Gasteiger partial charge in [-0.15, -0.1) is 0 Å². The summed E-state index contributed by atoms with van der Waals surface area (Å²) in [6, 6.07) is 9.76. The molecule has 0 spiro atoms. The first-order chi connectivity index (χ1) is 9.15. The first-order valence-electron chi connectivity index (χ1n) is 6.66. The predicted molar refractivity (Wildman–Crippen MR) is 75.4 cm³/mol. The van der Waals surface area contributed by atoms with E-state index in [4.69, 9.17) is 9.47 Å². The van der Waals surface area contributed by atoms with Crippen LogP contribution < -0.4 is 14.8 Å². The third-order valence-electron chi connectivity index (χ3n) is 2.68. The Bertz CT molecular complexity index is 428. The van der Waals surface area contributed by atoms with Crippen LogP contribution in [0, 0.1) is 11.3 Å². The fourth-order valence-electron chi connectivity index (χ4n) is 1.59. The molecule has 104 valence electrons. The molecule has 0 amide bonds. The van der Waals surface area contributed by atoms with E-state index in [1.807, 2.05) is 38.1 Å². The van der Waals surface area contributed by atoms with E-state index >= 15 is 0 Å². The van der Waals surface area contributed by atoms with Crippen molar-refractivity contribution in [2.75, 3.05) is 19.8 Å². The van der Waals surface area contributed by atoms with Crippen LogP contribution >= 0.6 is 0 Å². The standard InChI is InChI=1S/C15H22N2O2/c1-4-10-17-15(3,11-16)12-19-14-9-7-6-8-13(14)18-5-2/h6-9,17H,4-5,10,12H2,1-3H3. The third-order valence-corrected chi connectivity index (χ3v) is 2.68. The van der Waals surface area contributed by atoms with E-state index in [1.54, 1.807) is 0 Å². The lowest BCUT2D eigenvalue weighted by Crippen LogP contribution is -2.46. The molecule has 1 unspecified atom stereocenters. The van der Waals surface area contributed by atoms with E-state index in [2.05, 4.69) is 18.3 Å². The van der Waals surface area contributed by atoms with Crippen LogP contribution in [0.3, 0.4) is 0 Å². The van der Waals surface area contributed by atoms with Gasteiger partial charge in [0.05, 0.1) is 12.7 Å². The summed E-state index contributed by atoms with van der Waals surface area (Å²) in [6.45, 7) is 7.50. The SMILES string of the molecule is CCCNC(C)(C#N)COc1ccccc1OCC. The largest absolute Gasteiger partial charge is 0.490 e. The smallest absolute Gasteiger partial charge is 0.161 e.